The first-order valence-corrected chi connectivity index (χ1v) is 30.9. The molecule has 0 heterocycles. The lowest BCUT2D eigenvalue weighted by atomic mass is 10.0. The normalized spacial score (nSPS) is 13.8. The largest absolute Gasteiger partial charge is 0.498 e. The van der Waals surface area contributed by atoms with Crippen LogP contribution < -0.4 is 5.32 Å². The molecule has 73 heavy (non-hydrogen) atoms. The van der Waals surface area contributed by atoms with Crippen molar-refractivity contribution in [2.24, 2.45) is 0 Å². The van der Waals surface area contributed by atoms with Gasteiger partial charge in [-0.05, 0) is 109 Å². The molecule has 418 valence electrons. The highest BCUT2D eigenvalue weighted by atomic mass is 31.2. The predicted octanol–water partition coefficient (Wildman–Crippen LogP) is 18.8. The molecule has 0 aliphatic carbocycles. The van der Waals surface area contributed by atoms with E-state index in [2.05, 4.69) is 123 Å². The number of hydrogen-bond donors (Lipinski definition) is 2. The van der Waals surface area contributed by atoms with E-state index in [4.69, 9.17) is 18.5 Å². The van der Waals surface area contributed by atoms with Gasteiger partial charge in [-0.25, -0.2) is 4.57 Å². The van der Waals surface area contributed by atoms with Crippen molar-refractivity contribution in [3.05, 3.63) is 110 Å². The topological polar surface area (TPSA) is 120 Å². The maximum Gasteiger partial charge on any atom is 0.472 e. The highest BCUT2D eigenvalue weighted by Gasteiger charge is 2.25. The SMILES string of the molecule is CCCCC/C=C\C/C=C\C/C=C\C/C=C\CCCC(=O)NCCOP(=O)(O)OC[C@@H](CO/C=C\CCCCCCCCCCCCCCCC)OC(=O)CCC/C=C\C/C=C\C/C=C\C/C=C\CCCCC. The molecule has 0 rings (SSSR count). The van der Waals surface area contributed by atoms with Crippen molar-refractivity contribution in [1.29, 1.82) is 0 Å². The van der Waals surface area contributed by atoms with E-state index >= 15 is 0 Å². The van der Waals surface area contributed by atoms with Gasteiger partial charge in [-0.3, -0.25) is 18.6 Å². The van der Waals surface area contributed by atoms with E-state index in [0.29, 0.717) is 19.3 Å². The molecule has 0 aromatic heterocycles. The minimum absolute atomic E-state index is 0.0325. The van der Waals surface area contributed by atoms with Crippen molar-refractivity contribution < 1.29 is 37.6 Å². The number of ether oxygens (including phenoxy) is 2. The van der Waals surface area contributed by atoms with Crippen LogP contribution in [0, 0.1) is 0 Å². The lowest BCUT2D eigenvalue weighted by Gasteiger charge is -2.19. The van der Waals surface area contributed by atoms with Crippen molar-refractivity contribution in [3.63, 3.8) is 0 Å². The molecular formula is C63H108NO8P. The third-order valence-electron chi connectivity index (χ3n) is 12.0. The van der Waals surface area contributed by atoms with Crippen LogP contribution in [0.4, 0.5) is 0 Å². The second kappa shape index (κ2) is 57.8. The Morgan fingerprint density at radius 2 is 0.795 bits per heavy atom. The van der Waals surface area contributed by atoms with Gasteiger partial charge >= 0.3 is 13.8 Å². The van der Waals surface area contributed by atoms with Gasteiger partial charge in [-0.15, -0.1) is 0 Å². The van der Waals surface area contributed by atoms with Crippen molar-refractivity contribution in [2.45, 2.75) is 252 Å². The van der Waals surface area contributed by atoms with Crippen molar-refractivity contribution >= 4 is 19.7 Å². The predicted molar refractivity (Wildman–Crippen MR) is 311 cm³/mol. The molecule has 0 aromatic carbocycles. The number of amides is 1. The van der Waals surface area contributed by atoms with Crippen LogP contribution in [0.3, 0.4) is 0 Å². The zero-order chi connectivity index (χ0) is 53.1. The summed E-state index contributed by atoms with van der Waals surface area (Å²) in [5.41, 5.74) is 0. The molecular weight excluding hydrogens is 930 g/mol. The van der Waals surface area contributed by atoms with Crippen LogP contribution in [0.25, 0.3) is 0 Å². The standard InChI is InChI=1S/C63H108NO8P/c1-4-7-10-13-16-19-22-25-28-31-33-36-39-42-45-48-51-54-62(65)64-56-58-70-73(67,68)71-60-61(59-69-57-53-50-47-44-41-38-35-30-27-24-21-18-15-12-9-6-3)72-63(66)55-52-49-46-43-40-37-34-32-29-26-23-20-17-14-11-8-5-2/h16-17,19-20,25-26,28-29,33-34,36-37,42-43,45-46,53,57,61H,4-15,18,21-24,27,30-32,35,38-41,44,47-52,54-56,58-60H2,1-3H3,(H,64,65)(H,67,68)/b19-16-,20-17-,28-25-,29-26-,36-33-,37-34-,45-42-,46-43-,57-53-/t61-/m1/s1. The molecule has 1 unspecified atom stereocenters. The smallest absolute Gasteiger partial charge is 0.472 e. The Morgan fingerprint density at radius 3 is 1.25 bits per heavy atom. The summed E-state index contributed by atoms with van der Waals surface area (Å²) in [7, 11) is -4.50. The van der Waals surface area contributed by atoms with E-state index < -0.39 is 19.9 Å². The number of hydrogen-bond acceptors (Lipinski definition) is 7. The van der Waals surface area contributed by atoms with Crippen LogP contribution in [0.5, 0.6) is 0 Å². The Balaban J connectivity index is 4.61. The molecule has 2 atom stereocenters. The molecule has 9 nitrogen and oxygen atoms in total. The molecule has 0 aromatic rings. The fourth-order valence-electron chi connectivity index (χ4n) is 7.64. The molecule has 1 amide bonds. The molecule has 0 fully saturated rings. The summed E-state index contributed by atoms with van der Waals surface area (Å²) in [5.74, 6) is -0.587. The van der Waals surface area contributed by atoms with Crippen molar-refractivity contribution in [1.82, 2.24) is 5.32 Å². The third-order valence-corrected chi connectivity index (χ3v) is 13.0. The van der Waals surface area contributed by atoms with E-state index in [1.54, 1.807) is 6.26 Å². The molecule has 0 radical (unpaired) electrons. The third kappa shape index (κ3) is 57.6. The van der Waals surface area contributed by atoms with E-state index in [0.717, 1.165) is 64.2 Å². The average Bonchev–Trinajstić information content (AvgIpc) is 3.38. The molecule has 0 aliphatic heterocycles. The summed E-state index contributed by atoms with van der Waals surface area (Å²) >= 11 is 0. The van der Waals surface area contributed by atoms with Crippen molar-refractivity contribution in [2.75, 3.05) is 26.4 Å². The first kappa shape index (κ1) is 69.5. The van der Waals surface area contributed by atoms with E-state index in [1.807, 2.05) is 6.08 Å². The van der Waals surface area contributed by atoms with Crippen LogP contribution in [0.1, 0.15) is 245 Å². The molecule has 0 saturated heterocycles. The fraction of sp³-hybridized carbons (Fsp3) is 0.683. The molecule has 0 aliphatic rings. The maximum absolute atomic E-state index is 12.8. The van der Waals surface area contributed by atoms with E-state index in [1.165, 1.54) is 135 Å². The Morgan fingerprint density at radius 1 is 0.438 bits per heavy atom. The summed E-state index contributed by atoms with van der Waals surface area (Å²) in [6.45, 7) is 6.15. The second-order valence-corrected chi connectivity index (χ2v) is 20.6. The number of carbonyl (C=O) groups is 2. The number of nitrogens with one attached hydrogen (secondary N) is 1. The second-order valence-electron chi connectivity index (χ2n) is 19.1. The first-order chi connectivity index (χ1) is 35.8. The summed E-state index contributed by atoms with van der Waals surface area (Å²) in [5, 5.41) is 2.73. The Labute approximate surface area is 448 Å². The van der Waals surface area contributed by atoms with Crippen molar-refractivity contribution in [3.8, 4) is 0 Å². The number of allylic oxidation sites excluding steroid dienone is 17. The van der Waals surface area contributed by atoms with Gasteiger partial charge in [-0.1, -0.05) is 227 Å². The van der Waals surface area contributed by atoms with Gasteiger partial charge in [0.2, 0.25) is 5.91 Å². The Kier molecular flexibility index (Phi) is 55.0. The number of unbranched alkanes of at least 4 members (excludes halogenated alkanes) is 22. The van der Waals surface area contributed by atoms with Gasteiger partial charge in [0, 0.05) is 19.4 Å². The quantitative estimate of drug-likeness (QED) is 0.0203. The van der Waals surface area contributed by atoms with E-state index in [9.17, 15) is 19.0 Å². The van der Waals surface area contributed by atoms with Crippen LogP contribution in [0.2, 0.25) is 0 Å². The average molecular weight is 1040 g/mol. The zero-order valence-electron chi connectivity index (χ0n) is 46.8. The van der Waals surface area contributed by atoms with Gasteiger partial charge < -0.3 is 19.7 Å². The number of phosphoric ester groups is 1. The molecule has 0 spiro atoms. The van der Waals surface area contributed by atoms with Gasteiger partial charge in [0.15, 0.2) is 6.10 Å². The summed E-state index contributed by atoms with van der Waals surface area (Å²) in [6.07, 6.45) is 75.7. The van der Waals surface area contributed by atoms with Gasteiger partial charge in [0.1, 0.15) is 6.61 Å². The van der Waals surface area contributed by atoms with Crippen LogP contribution in [0.15, 0.2) is 110 Å². The van der Waals surface area contributed by atoms with E-state index in [-0.39, 0.29) is 38.7 Å². The lowest BCUT2D eigenvalue weighted by molar-refractivity contribution is -0.153. The fourth-order valence-corrected chi connectivity index (χ4v) is 8.39. The molecule has 0 saturated carbocycles. The molecule has 10 heteroatoms. The minimum atomic E-state index is -4.50. The summed E-state index contributed by atoms with van der Waals surface area (Å²) in [4.78, 5) is 35.5. The van der Waals surface area contributed by atoms with Gasteiger partial charge in [-0.2, -0.15) is 0 Å². The monoisotopic (exact) mass is 1040 g/mol. The summed E-state index contributed by atoms with van der Waals surface area (Å²) < 4.78 is 34.5. The summed E-state index contributed by atoms with van der Waals surface area (Å²) in [6, 6.07) is 0. The minimum Gasteiger partial charge on any atom is -0.498 e. The number of esters is 1. The highest BCUT2D eigenvalue weighted by Crippen LogP contribution is 2.43. The first-order valence-electron chi connectivity index (χ1n) is 29.4. The maximum atomic E-state index is 12.8. The zero-order valence-corrected chi connectivity index (χ0v) is 47.7. The van der Waals surface area contributed by atoms with Crippen LogP contribution in [-0.4, -0.2) is 49.2 Å². The number of phosphoric acid groups is 1. The lowest BCUT2D eigenvalue weighted by Crippen LogP contribution is -2.28. The molecule has 0 bridgehead atoms. The molecule has 2 N–H and O–H groups in total. The van der Waals surface area contributed by atoms with Gasteiger partial charge in [0.05, 0.1) is 19.5 Å². The van der Waals surface area contributed by atoms with Gasteiger partial charge in [0.25, 0.3) is 0 Å². The number of rotatable bonds is 54. The highest BCUT2D eigenvalue weighted by molar-refractivity contribution is 7.47. The van der Waals surface area contributed by atoms with Crippen LogP contribution >= 0.6 is 7.82 Å². The van der Waals surface area contributed by atoms with Crippen LogP contribution in [-0.2, 0) is 32.7 Å². The Bertz CT molecular complexity index is 1560. The number of carbonyl (C=O) groups excluding carboxylic acids is 2. The Hall–Kier alpha value is -3.49.